The SMILES string of the molecule is CNC(CCOC1CCCC(OC)C1)C(=O)O. The van der Waals surface area contributed by atoms with Gasteiger partial charge >= 0.3 is 5.97 Å². The fraction of sp³-hybridized carbons (Fsp3) is 0.917. The van der Waals surface area contributed by atoms with E-state index in [-0.39, 0.29) is 6.10 Å². The number of hydrogen-bond acceptors (Lipinski definition) is 4. The highest BCUT2D eigenvalue weighted by molar-refractivity contribution is 5.73. The summed E-state index contributed by atoms with van der Waals surface area (Å²) in [5.74, 6) is -0.825. The average molecular weight is 245 g/mol. The molecule has 1 aliphatic rings. The van der Waals surface area contributed by atoms with Gasteiger partial charge in [-0.3, -0.25) is 4.79 Å². The summed E-state index contributed by atoms with van der Waals surface area (Å²) in [6, 6.07) is -0.517. The number of aliphatic carboxylic acids is 1. The monoisotopic (exact) mass is 245 g/mol. The highest BCUT2D eigenvalue weighted by Gasteiger charge is 2.23. The van der Waals surface area contributed by atoms with Crippen LogP contribution in [-0.4, -0.2) is 50.1 Å². The minimum absolute atomic E-state index is 0.222. The molecule has 1 aliphatic carbocycles. The standard InChI is InChI=1S/C12H23NO4/c1-13-11(12(14)15)6-7-17-10-5-3-4-9(8-10)16-2/h9-11,13H,3-8H2,1-2H3,(H,14,15). The van der Waals surface area contributed by atoms with E-state index in [1.54, 1.807) is 14.2 Å². The summed E-state index contributed by atoms with van der Waals surface area (Å²) in [4.78, 5) is 10.8. The van der Waals surface area contributed by atoms with Crippen LogP contribution in [0.15, 0.2) is 0 Å². The van der Waals surface area contributed by atoms with E-state index in [2.05, 4.69) is 5.32 Å². The predicted molar refractivity (Wildman–Crippen MR) is 64.1 cm³/mol. The van der Waals surface area contributed by atoms with E-state index in [0.29, 0.717) is 19.1 Å². The molecule has 0 aromatic rings. The van der Waals surface area contributed by atoms with Gasteiger partial charge in [-0.1, -0.05) is 0 Å². The fourth-order valence-corrected chi connectivity index (χ4v) is 2.21. The van der Waals surface area contributed by atoms with Gasteiger partial charge in [0.2, 0.25) is 0 Å². The first-order chi connectivity index (χ1) is 8.17. The zero-order chi connectivity index (χ0) is 12.7. The van der Waals surface area contributed by atoms with Crippen molar-refractivity contribution >= 4 is 5.97 Å². The zero-order valence-electron chi connectivity index (χ0n) is 10.6. The first-order valence-corrected chi connectivity index (χ1v) is 6.21. The van der Waals surface area contributed by atoms with E-state index in [0.717, 1.165) is 25.7 Å². The van der Waals surface area contributed by atoms with Gasteiger partial charge in [-0.25, -0.2) is 0 Å². The molecule has 1 rings (SSSR count). The average Bonchev–Trinajstić information content (AvgIpc) is 2.34. The van der Waals surface area contributed by atoms with E-state index >= 15 is 0 Å². The van der Waals surface area contributed by atoms with Gasteiger partial charge in [-0.05, 0) is 39.2 Å². The third-order valence-corrected chi connectivity index (χ3v) is 3.32. The second kappa shape index (κ2) is 7.63. The molecule has 100 valence electrons. The van der Waals surface area contributed by atoms with Crippen molar-refractivity contribution in [3.63, 3.8) is 0 Å². The van der Waals surface area contributed by atoms with Crippen LogP contribution in [0, 0.1) is 0 Å². The molecular formula is C12H23NO4. The summed E-state index contributed by atoms with van der Waals surface area (Å²) in [6.07, 6.45) is 5.22. The van der Waals surface area contributed by atoms with E-state index in [4.69, 9.17) is 14.6 Å². The molecule has 0 spiro atoms. The van der Waals surface area contributed by atoms with Gasteiger partial charge in [0.1, 0.15) is 6.04 Å². The molecule has 0 saturated heterocycles. The molecule has 0 bridgehead atoms. The maximum atomic E-state index is 10.8. The Hall–Kier alpha value is -0.650. The maximum Gasteiger partial charge on any atom is 0.320 e. The Labute approximate surface area is 102 Å². The number of methoxy groups -OCH3 is 1. The number of rotatable bonds is 7. The molecule has 3 unspecified atom stereocenters. The van der Waals surface area contributed by atoms with Gasteiger partial charge < -0.3 is 19.9 Å². The van der Waals surface area contributed by atoms with E-state index < -0.39 is 12.0 Å². The van der Waals surface area contributed by atoms with Crippen LogP contribution < -0.4 is 5.32 Å². The van der Waals surface area contributed by atoms with Crippen LogP contribution in [0.2, 0.25) is 0 Å². The Morgan fingerprint density at radius 3 is 2.76 bits per heavy atom. The summed E-state index contributed by atoms with van der Waals surface area (Å²) in [5, 5.41) is 11.6. The van der Waals surface area contributed by atoms with Crippen LogP contribution in [0.5, 0.6) is 0 Å². The van der Waals surface area contributed by atoms with Crippen molar-refractivity contribution in [1.29, 1.82) is 0 Å². The fourth-order valence-electron chi connectivity index (χ4n) is 2.21. The van der Waals surface area contributed by atoms with Crippen molar-refractivity contribution < 1.29 is 19.4 Å². The number of hydrogen-bond donors (Lipinski definition) is 2. The van der Waals surface area contributed by atoms with Gasteiger partial charge in [0, 0.05) is 13.7 Å². The normalized spacial score (nSPS) is 26.7. The van der Waals surface area contributed by atoms with Crippen molar-refractivity contribution in [1.82, 2.24) is 5.32 Å². The number of carboxylic acids is 1. The third kappa shape index (κ3) is 5.02. The molecule has 3 atom stereocenters. The topological polar surface area (TPSA) is 67.8 Å². The lowest BCUT2D eigenvalue weighted by molar-refractivity contribution is -0.140. The molecule has 0 aromatic heterocycles. The summed E-state index contributed by atoms with van der Waals surface area (Å²) >= 11 is 0. The molecule has 17 heavy (non-hydrogen) atoms. The number of likely N-dealkylation sites (N-methyl/N-ethyl adjacent to an activating group) is 1. The predicted octanol–water partition coefficient (Wildman–Crippen LogP) is 1.02. The minimum Gasteiger partial charge on any atom is -0.480 e. The van der Waals surface area contributed by atoms with Crippen molar-refractivity contribution in [3.8, 4) is 0 Å². The summed E-state index contributed by atoms with van der Waals surface area (Å²) in [5.41, 5.74) is 0. The molecule has 1 saturated carbocycles. The molecule has 0 radical (unpaired) electrons. The molecule has 0 aliphatic heterocycles. The summed E-state index contributed by atoms with van der Waals surface area (Å²) in [6.45, 7) is 0.485. The number of ether oxygens (including phenoxy) is 2. The molecule has 0 aromatic carbocycles. The molecular weight excluding hydrogens is 222 g/mol. The Morgan fingerprint density at radius 2 is 2.18 bits per heavy atom. The number of nitrogens with one attached hydrogen (secondary N) is 1. The molecule has 1 fully saturated rings. The third-order valence-electron chi connectivity index (χ3n) is 3.32. The Kier molecular flexibility index (Phi) is 6.47. The second-order valence-electron chi connectivity index (χ2n) is 4.49. The van der Waals surface area contributed by atoms with Crippen molar-refractivity contribution in [2.45, 2.75) is 50.4 Å². The molecule has 2 N–H and O–H groups in total. The summed E-state index contributed by atoms with van der Waals surface area (Å²) in [7, 11) is 3.38. The number of carboxylic acid groups (broad SMARTS) is 1. The van der Waals surface area contributed by atoms with Crippen LogP contribution in [0.4, 0.5) is 0 Å². The Bertz CT molecular complexity index is 235. The Balaban J connectivity index is 2.19. The first kappa shape index (κ1) is 14.4. The first-order valence-electron chi connectivity index (χ1n) is 6.21. The second-order valence-corrected chi connectivity index (χ2v) is 4.49. The Morgan fingerprint density at radius 1 is 1.47 bits per heavy atom. The lowest BCUT2D eigenvalue weighted by Crippen LogP contribution is -2.36. The van der Waals surface area contributed by atoms with E-state index in [9.17, 15) is 4.79 Å². The van der Waals surface area contributed by atoms with Gasteiger partial charge in [0.05, 0.1) is 12.2 Å². The molecule has 0 amide bonds. The van der Waals surface area contributed by atoms with Crippen molar-refractivity contribution in [2.75, 3.05) is 20.8 Å². The van der Waals surface area contributed by atoms with Gasteiger partial charge in [-0.2, -0.15) is 0 Å². The highest BCUT2D eigenvalue weighted by atomic mass is 16.5. The quantitative estimate of drug-likeness (QED) is 0.701. The maximum absolute atomic E-state index is 10.8. The van der Waals surface area contributed by atoms with Crippen LogP contribution in [0.3, 0.4) is 0 Å². The van der Waals surface area contributed by atoms with Gasteiger partial charge in [-0.15, -0.1) is 0 Å². The summed E-state index contributed by atoms with van der Waals surface area (Å²) < 4.78 is 11.0. The molecule has 5 nitrogen and oxygen atoms in total. The highest BCUT2D eigenvalue weighted by Crippen LogP contribution is 2.23. The molecule has 5 heteroatoms. The lowest BCUT2D eigenvalue weighted by atomic mass is 9.95. The van der Waals surface area contributed by atoms with E-state index in [1.165, 1.54) is 0 Å². The minimum atomic E-state index is -0.825. The van der Waals surface area contributed by atoms with Crippen molar-refractivity contribution in [2.24, 2.45) is 0 Å². The zero-order valence-corrected chi connectivity index (χ0v) is 10.6. The smallest absolute Gasteiger partial charge is 0.320 e. The van der Waals surface area contributed by atoms with Crippen LogP contribution >= 0.6 is 0 Å². The number of carbonyl (C=O) groups is 1. The van der Waals surface area contributed by atoms with Crippen LogP contribution in [0.1, 0.15) is 32.1 Å². The van der Waals surface area contributed by atoms with Crippen LogP contribution in [0.25, 0.3) is 0 Å². The largest absolute Gasteiger partial charge is 0.480 e. The molecule has 0 heterocycles. The van der Waals surface area contributed by atoms with Crippen LogP contribution in [-0.2, 0) is 14.3 Å². The van der Waals surface area contributed by atoms with Gasteiger partial charge in [0.15, 0.2) is 0 Å². The van der Waals surface area contributed by atoms with Crippen molar-refractivity contribution in [3.05, 3.63) is 0 Å². The van der Waals surface area contributed by atoms with Gasteiger partial charge in [0.25, 0.3) is 0 Å². The van der Waals surface area contributed by atoms with E-state index in [1.807, 2.05) is 0 Å². The lowest BCUT2D eigenvalue weighted by Gasteiger charge is -2.28.